The van der Waals surface area contributed by atoms with E-state index in [0.717, 1.165) is 16.4 Å². The van der Waals surface area contributed by atoms with E-state index in [9.17, 15) is 10.2 Å². The molecule has 2 heterocycles. The van der Waals surface area contributed by atoms with Gasteiger partial charge in [0.05, 0.1) is 0 Å². The number of aliphatic hydroxyl groups is 2. The standard InChI is InChI=1S/C17H16O4/c1-17(2)16(19)15(18)14-12(21-17)8-7-11-13(14)9-5-3-4-6-10(9)20-11/h3-8,15-16,18-19H,1-2H3/t15-,16-/m0/s1. The summed E-state index contributed by atoms with van der Waals surface area (Å²) >= 11 is 0. The van der Waals surface area contributed by atoms with Gasteiger partial charge in [0.15, 0.2) is 0 Å². The van der Waals surface area contributed by atoms with Gasteiger partial charge in [0, 0.05) is 16.3 Å². The Morgan fingerprint density at radius 2 is 1.76 bits per heavy atom. The van der Waals surface area contributed by atoms with E-state index < -0.39 is 17.8 Å². The van der Waals surface area contributed by atoms with Crippen molar-refractivity contribution in [3.8, 4) is 5.75 Å². The lowest BCUT2D eigenvalue weighted by atomic mass is 9.86. The largest absolute Gasteiger partial charge is 0.485 e. The van der Waals surface area contributed by atoms with Crippen LogP contribution in [0, 0.1) is 0 Å². The molecular formula is C17H16O4. The molecule has 1 aliphatic heterocycles. The van der Waals surface area contributed by atoms with Crippen molar-refractivity contribution in [2.45, 2.75) is 31.7 Å². The second kappa shape index (κ2) is 4.00. The molecular weight excluding hydrogens is 268 g/mol. The van der Waals surface area contributed by atoms with Crippen LogP contribution in [-0.4, -0.2) is 21.9 Å². The maximum atomic E-state index is 10.6. The zero-order valence-electron chi connectivity index (χ0n) is 11.8. The van der Waals surface area contributed by atoms with E-state index in [1.165, 1.54) is 0 Å². The summed E-state index contributed by atoms with van der Waals surface area (Å²) in [5, 5.41) is 22.6. The number of rotatable bonds is 0. The smallest absolute Gasteiger partial charge is 0.136 e. The molecule has 2 aromatic carbocycles. The monoisotopic (exact) mass is 284 g/mol. The minimum Gasteiger partial charge on any atom is -0.485 e. The first-order valence-corrected chi connectivity index (χ1v) is 6.98. The average Bonchev–Trinajstić information content (AvgIpc) is 2.83. The lowest BCUT2D eigenvalue weighted by molar-refractivity contribution is -0.111. The zero-order chi connectivity index (χ0) is 14.8. The predicted molar refractivity (Wildman–Crippen MR) is 79.4 cm³/mol. The van der Waals surface area contributed by atoms with Gasteiger partial charge in [-0.05, 0) is 32.0 Å². The Labute approximate surface area is 121 Å². The SMILES string of the molecule is CC1(C)Oc2ccc3oc4ccccc4c3c2[C@H](O)[C@@H]1O. The molecule has 4 heteroatoms. The van der Waals surface area contributed by atoms with Crippen LogP contribution in [0.5, 0.6) is 5.75 Å². The van der Waals surface area contributed by atoms with Crippen LogP contribution in [0.3, 0.4) is 0 Å². The molecule has 0 bridgehead atoms. The molecule has 0 saturated carbocycles. The molecule has 21 heavy (non-hydrogen) atoms. The Kier molecular flexibility index (Phi) is 2.41. The van der Waals surface area contributed by atoms with E-state index in [4.69, 9.17) is 9.15 Å². The first-order chi connectivity index (χ1) is 9.99. The van der Waals surface area contributed by atoms with Gasteiger partial charge in [-0.25, -0.2) is 0 Å². The Bertz CT molecular complexity index is 846. The van der Waals surface area contributed by atoms with Crippen LogP contribution >= 0.6 is 0 Å². The average molecular weight is 284 g/mol. The number of ether oxygens (including phenoxy) is 1. The van der Waals surface area contributed by atoms with Gasteiger partial charge in [0.1, 0.15) is 34.7 Å². The van der Waals surface area contributed by atoms with Crippen LogP contribution < -0.4 is 4.74 Å². The van der Waals surface area contributed by atoms with Crippen LogP contribution in [0.25, 0.3) is 21.9 Å². The van der Waals surface area contributed by atoms with E-state index in [1.807, 2.05) is 30.3 Å². The first-order valence-electron chi connectivity index (χ1n) is 6.98. The molecule has 0 fully saturated rings. The third kappa shape index (κ3) is 1.63. The van der Waals surface area contributed by atoms with Crippen molar-refractivity contribution in [2.24, 2.45) is 0 Å². The van der Waals surface area contributed by atoms with E-state index in [2.05, 4.69) is 0 Å². The van der Waals surface area contributed by atoms with Crippen molar-refractivity contribution in [1.29, 1.82) is 0 Å². The highest BCUT2D eigenvalue weighted by atomic mass is 16.5. The van der Waals surface area contributed by atoms with Gasteiger partial charge in [-0.1, -0.05) is 18.2 Å². The number of para-hydroxylation sites is 1. The second-order valence-electron chi connectivity index (χ2n) is 6.04. The van der Waals surface area contributed by atoms with E-state index in [1.54, 1.807) is 19.9 Å². The summed E-state index contributed by atoms with van der Waals surface area (Å²) in [7, 11) is 0. The molecule has 0 aliphatic carbocycles. The van der Waals surface area contributed by atoms with E-state index in [-0.39, 0.29) is 0 Å². The number of benzene rings is 2. The Balaban J connectivity index is 2.11. The van der Waals surface area contributed by atoms with Crippen molar-refractivity contribution in [1.82, 2.24) is 0 Å². The Morgan fingerprint density at radius 1 is 1.00 bits per heavy atom. The molecule has 0 amide bonds. The zero-order valence-corrected chi connectivity index (χ0v) is 11.8. The van der Waals surface area contributed by atoms with Gasteiger partial charge in [0.25, 0.3) is 0 Å². The fourth-order valence-corrected chi connectivity index (χ4v) is 3.09. The predicted octanol–water partition coefficient (Wildman–Crippen LogP) is 3.15. The summed E-state index contributed by atoms with van der Waals surface area (Å²) in [5.74, 6) is 0.594. The maximum Gasteiger partial charge on any atom is 0.136 e. The van der Waals surface area contributed by atoms with Crippen molar-refractivity contribution in [3.63, 3.8) is 0 Å². The van der Waals surface area contributed by atoms with Crippen LogP contribution in [0.1, 0.15) is 25.5 Å². The summed E-state index contributed by atoms with van der Waals surface area (Å²) in [6, 6.07) is 11.3. The van der Waals surface area contributed by atoms with Gasteiger partial charge < -0.3 is 19.4 Å². The molecule has 0 spiro atoms. The van der Waals surface area contributed by atoms with Crippen molar-refractivity contribution < 1.29 is 19.4 Å². The summed E-state index contributed by atoms with van der Waals surface area (Å²) in [6.45, 7) is 3.53. The third-order valence-corrected chi connectivity index (χ3v) is 4.22. The van der Waals surface area contributed by atoms with Gasteiger partial charge in [-0.15, -0.1) is 0 Å². The summed E-state index contributed by atoms with van der Waals surface area (Å²) < 4.78 is 11.7. The Hall–Kier alpha value is -2.04. The highest BCUT2D eigenvalue weighted by Crippen LogP contribution is 2.46. The van der Waals surface area contributed by atoms with Crippen LogP contribution in [0.4, 0.5) is 0 Å². The molecule has 3 aromatic rings. The molecule has 0 radical (unpaired) electrons. The lowest BCUT2D eigenvalue weighted by Gasteiger charge is -2.40. The molecule has 1 aromatic heterocycles. The molecule has 0 unspecified atom stereocenters. The summed E-state index contributed by atoms with van der Waals surface area (Å²) in [6.07, 6.45) is -2.00. The van der Waals surface area contributed by atoms with Crippen LogP contribution in [-0.2, 0) is 0 Å². The first kappa shape index (κ1) is 12.7. The Morgan fingerprint density at radius 3 is 2.57 bits per heavy atom. The van der Waals surface area contributed by atoms with Crippen molar-refractivity contribution in [3.05, 3.63) is 42.0 Å². The minimum atomic E-state index is -1.01. The summed E-state index contributed by atoms with van der Waals surface area (Å²) in [5.41, 5.74) is 1.21. The fourth-order valence-electron chi connectivity index (χ4n) is 3.09. The van der Waals surface area contributed by atoms with Crippen LogP contribution in [0.15, 0.2) is 40.8 Å². The van der Waals surface area contributed by atoms with Gasteiger partial charge in [-0.3, -0.25) is 0 Å². The molecule has 4 nitrogen and oxygen atoms in total. The molecule has 2 N–H and O–H groups in total. The van der Waals surface area contributed by atoms with E-state index in [0.29, 0.717) is 16.9 Å². The van der Waals surface area contributed by atoms with Crippen LogP contribution in [0.2, 0.25) is 0 Å². The number of hydrogen-bond acceptors (Lipinski definition) is 4. The molecule has 4 rings (SSSR count). The number of fused-ring (bicyclic) bond motifs is 5. The number of aliphatic hydroxyl groups excluding tert-OH is 2. The van der Waals surface area contributed by atoms with Gasteiger partial charge in [-0.2, -0.15) is 0 Å². The summed E-state index contributed by atoms with van der Waals surface area (Å²) in [4.78, 5) is 0. The third-order valence-electron chi connectivity index (χ3n) is 4.22. The minimum absolute atomic E-state index is 0.594. The topological polar surface area (TPSA) is 62.8 Å². The van der Waals surface area contributed by atoms with E-state index >= 15 is 0 Å². The molecule has 2 atom stereocenters. The van der Waals surface area contributed by atoms with Gasteiger partial charge >= 0.3 is 0 Å². The molecule has 1 aliphatic rings. The number of furan rings is 1. The number of hydrogen-bond donors (Lipinski definition) is 2. The lowest BCUT2D eigenvalue weighted by Crippen LogP contribution is -2.48. The van der Waals surface area contributed by atoms with Crippen molar-refractivity contribution >= 4 is 21.9 Å². The van der Waals surface area contributed by atoms with Crippen molar-refractivity contribution in [2.75, 3.05) is 0 Å². The molecule has 0 saturated heterocycles. The van der Waals surface area contributed by atoms with Gasteiger partial charge in [0.2, 0.25) is 0 Å². The quantitative estimate of drug-likeness (QED) is 0.665. The highest BCUT2D eigenvalue weighted by Gasteiger charge is 2.43. The normalized spacial score (nSPS) is 24.0. The fraction of sp³-hybridized carbons (Fsp3) is 0.294. The highest BCUT2D eigenvalue weighted by molar-refractivity contribution is 6.07. The molecule has 108 valence electrons. The maximum absolute atomic E-state index is 10.6. The second-order valence-corrected chi connectivity index (χ2v) is 6.04.